The predicted octanol–water partition coefficient (Wildman–Crippen LogP) is 0.374. The van der Waals surface area contributed by atoms with Crippen LogP contribution in [-0.2, 0) is 4.79 Å². The van der Waals surface area contributed by atoms with Crippen LogP contribution in [0.1, 0.15) is 13.3 Å². The monoisotopic (exact) mass is 156 g/mol. The molecule has 3 heteroatoms. The molecule has 0 spiro atoms. The van der Waals surface area contributed by atoms with Gasteiger partial charge in [-0.05, 0) is 0 Å². The van der Waals surface area contributed by atoms with Crippen molar-refractivity contribution in [2.45, 2.75) is 13.3 Å². The summed E-state index contributed by atoms with van der Waals surface area (Å²) in [5.74, 6) is 0.620. The molecule has 1 fully saturated rings. The average Bonchev–Trinajstić information content (AvgIpc) is 1.94. The van der Waals surface area contributed by atoms with Gasteiger partial charge in [0.05, 0.1) is 0 Å². The summed E-state index contributed by atoms with van der Waals surface area (Å²) in [6.45, 7) is 3.76. The molecule has 0 aliphatic carbocycles. The van der Waals surface area contributed by atoms with Crippen LogP contribution in [0.25, 0.3) is 0 Å². The molecule has 0 radical (unpaired) electrons. The third kappa shape index (κ3) is 2.01. The van der Waals surface area contributed by atoms with Gasteiger partial charge in [0.2, 0.25) is 0 Å². The number of piperidine rings is 1. The molecule has 3 nitrogen and oxygen atoms in total. The lowest BCUT2D eigenvalue weighted by Crippen LogP contribution is -2.46. The quantitative estimate of drug-likeness (QED) is 0.548. The zero-order valence-corrected chi connectivity index (χ0v) is 7.50. The number of carbonyl (C=O) groups excluding carboxylic acids is 1. The van der Waals surface area contributed by atoms with Gasteiger partial charge in [0, 0.05) is 39.5 Å². The smallest absolute Gasteiger partial charge is 0.138 e. The molecule has 0 saturated carbocycles. The summed E-state index contributed by atoms with van der Waals surface area (Å²) < 4.78 is 0. The van der Waals surface area contributed by atoms with Gasteiger partial charge in [-0.25, -0.2) is 10.0 Å². The summed E-state index contributed by atoms with van der Waals surface area (Å²) in [4.78, 5) is 11.1. The maximum atomic E-state index is 11.1. The van der Waals surface area contributed by atoms with E-state index in [1.165, 1.54) is 0 Å². The second-order valence-electron chi connectivity index (χ2n) is 3.38. The summed E-state index contributed by atoms with van der Waals surface area (Å²) >= 11 is 0. The fraction of sp³-hybridized carbons (Fsp3) is 0.875. The molecule has 1 aliphatic rings. The molecule has 1 saturated heterocycles. The molecule has 1 unspecified atom stereocenters. The Kier molecular flexibility index (Phi) is 2.62. The molecule has 1 aliphatic heterocycles. The van der Waals surface area contributed by atoms with Crippen molar-refractivity contribution >= 4 is 5.78 Å². The van der Waals surface area contributed by atoms with Gasteiger partial charge in [0.1, 0.15) is 5.78 Å². The fourth-order valence-electron chi connectivity index (χ4n) is 1.36. The number of nitrogens with zero attached hydrogens (tertiary/aromatic N) is 2. The third-order valence-corrected chi connectivity index (χ3v) is 2.22. The van der Waals surface area contributed by atoms with Gasteiger partial charge < -0.3 is 0 Å². The highest BCUT2D eigenvalue weighted by atomic mass is 16.1. The van der Waals surface area contributed by atoms with E-state index in [0.717, 1.165) is 13.1 Å². The van der Waals surface area contributed by atoms with Crippen molar-refractivity contribution in [3.8, 4) is 0 Å². The Labute approximate surface area is 67.9 Å². The molecule has 0 bridgehead atoms. The van der Waals surface area contributed by atoms with E-state index >= 15 is 0 Å². The predicted molar refractivity (Wildman–Crippen MR) is 44.0 cm³/mol. The number of hydrogen-bond acceptors (Lipinski definition) is 3. The lowest BCUT2D eigenvalue weighted by molar-refractivity contribution is -0.130. The van der Waals surface area contributed by atoms with Crippen molar-refractivity contribution in [2.75, 3.05) is 27.2 Å². The Balaban J connectivity index is 2.46. The average molecular weight is 156 g/mol. The zero-order chi connectivity index (χ0) is 8.43. The maximum Gasteiger partial charge on any atom is 0.138 e. The summed E-state index contributed by atoms with van der Waals surface area (Å²) in [7, 11) is 4.03. The Hall–Kier alpha value is -0.410. The number of ketones is 1. The normalized spacial score (nSPS) is 28.0. The van der Waals surface area contributed by atoms with E-state index in [1.807, 2.05) is 21.0 Å². The largest absolute Gasteiger partial charge is 0.299 e. The van der Waals surface area contributed by atoms with E-state index in [9.17, 15) is 4.79 Å². The Morgan fingerprint density at radius 2 is 2.18 bits per heavy atom. The summed E-state index contributed by atoms with van der Waals surface area (Å²) in [5.41, 5.74) is 0. The summed E-state index contributed by atoms with van der Waals surface area (Å²) in [6.07, 6.45) is 0.708. The van der Waals surface area contributed by atoms with Gasteiger partial charge >= 0.3 is 0 Å². The molecule has 0 N–H and O–H groups in total. The highest BCUT2D eigenvalue weighted by Gasteiger charge is 2.23. The molecule has 11 heavy (non-hydrogen) atoms. The zero-order valence-electron chi connectivity index (χ0n) is 7.50. The summed E-state index contributed by atoms with van der Waals surface area (Å²) in [5, 5.41) is 4.26. The van der Waals surface area contributed by atoms with Crippen molar-refractivity contribution in [3.63, 3.8) is 0 Å². The molecule has 0 aromatic heterocycles. The molecular formula is C8H16N2O. The third-order valence-electron chi connectivity index (χ3n) is 2.22. The second kappa shape index (κ2) is 3.32. The molecule has 1 heterocycles. The van der Waals surface area contributed by atoms with Crippen LogP contribution in [0, 0.1) is 5.92 Å². The maximum absolute atomic E-state index is 11.1. The molecule has 64 valence electrons. The number of hydrogen-bond donors (Lipinski definition) is 0. The van der Waals surface area contributed by atoms with Crippen LogP contribution in [0.15, 0.2) is 0 Å². The minimum Gasteiger partial charge on any atom is -0.299 e. The van der Waals surface area contributed by atoms with Crippen LogP contribution >= 0.6 is 0 Å². The van der Waals surface area contributed by atoms with Gasteiger partial charge in [-0.2, -0.15) is 0 Å². The van der Waals surface area contributed by atoms with Crippen molar-refractivity contribution < 1.29 is 4.79 Å². The number of rotatable bonds is 1. The highest BCUT2D eigenvalue weighted by molar-refractivity contribution is 5.81. The first-order valence-electron chi connectivity index (χ1n) is 4.06. The van der Waals surface area contributed by atoms with Crippen molar-refractivity contribution in [3.05, 3.63) is 0 Å². The Bertz CT molecular complexity index is 156. The van der Waals surface area contributed by atoms with Crippen LogP contribution in [-0.4, -0.2) is 43.0 Å². The van der Waals surface area contributed by atoms with E-state index in [0.29, 0.717) is 12.2 Å². The van der Waals surface area contributed by atoms with Gasteiger partial charge in [0.25, 0.3) is 0 Å². The first-order chi connectivity index (χ1) is 5.11. The molecule has 0 aromatic rings. The van der Waals surface area contributed by atoms with E-state index < -0.39 is 0 Å². The lowest BCUT2D eigenvalue weighted by Gasteiger charge is -2.34. The van der Waals surface area contributed by atoms with Crippen LogP contribution in [0.5, 0.6) is 0 Å². The Morgan fingerprint density at radius 1 is 1.55 bits per heavy atom. The molecule has 0 amide bonds. The second-order valence-corrected chi connectivity index (χ2v) is 3.38. The lowest BCUT2D eigenvalue weighted by atomic mass is 10.00. The van der Waals surface area contributed by atoms with Crippen LogP contribution in [0.2, 0.25) is 0 Å². The van der Waals surface area contributed by atoms with Gasteiger partial charge in [-0.1, -0.05) is 6.92 Å². The number of Topliss-reactive ketones (excluding diaryl/α,β-unsaturated/α-hetero) is 1. The number of carbonyl (C=O) groups is 1. The van der Waals surface area contributed by atoms with Gasteiger partial charge in [-0.3, -0.25) is 4.79 Å². The first-order valence-corrected chi connectivity index (χ1v) is 4.06. The van der Waals surface area contributed by atoms with Crippen molar-refractivity contribution in [1.82, 2.24) is 10.0 Å². The minimum atomic E-state index is 0.214. The van der Waals surface area contributed by atoms with Crippen molar-refractivity contribution in [2.24, 2.45) is 5.92 Å². The van der Waals surface area contributed by atoms with Crippen LogP contribution < -0.4 is 0 Å². The van der Waals surface area contributed by atoms with Crippen LogP contribution in [0.4, 0.5) is 0 Å². The molecular weight excluding hydrogens is 140 g/mol. The molecule has 0 aromatic carbocycles. The van der Waals surface area contributed by atoms with Gasteiger partial charge in [0.15, 0.2) is 0 Å². The topological polar surface area (TPSA) is 23.6 Å². The SMILES string of the molecule is CC1CN(N(C)C)CCC1=O. The number of hydrazine groups is 1. The standard InChI is InChI=1S/C8H16N2O/c1-7-6-10(9(2)3)5-4-8(7)11/h7H,4-6H2,1-3H3. The highest BCUT2D eigenvalue weighted by Crippen LogP contribution is 2.12. The van der Waals surface area contributed by atoms with E-state index in [2.05, 4.69) is 10.0 Å². The van der Waals surface area contributed by atoms with Gasteiger partial charge in [-0.15, -0.1) is 0 Å². The minimum absolute atomic E-state index is 0.214. The van der Waals surface area contributed by atoms with E-state index in [1.54, 1.807) is 0 Å². The first kappa shape index (κ1) is 8.68. The Morgan fingerprint density at radius 3 is 2.64 bits per heavy atom. The van der Waals surface area contributed by atoms with Crippen LogP contribution in [0.3, 0.4) is 0 Å². The van der Waals surface area contributed by atoms with E-state index in [4.69, 9.17) is 0 Å². The molecule has 1 rings (SSSR count). The summed E-state index contributed by atoms with van der Waals surface area (Å²) in [6, 6.07) is 0. The van der Waals surface area contributed by atoms with Crippen molar-refractivity contribution in [1.29, 1.82) is 0 Å². The fourth-order valence-corrected chi connectivity index (χ4v) is 1.36. The molecule has 1 atom stereocenters. The van der Waals surface area contributed by atoms with E-state index in [-0.39, 0.29) is 5.92 Å².